The highest BCUT2D eigenvalue weighted by Gasteiger charge is 2.49. The van der Waals surface area contributed by atoms with Gasteiger partial charge in [-0.2, -0.15) is 0 Å². The number of nitrogens with one attached hydrogen (secondary N) is 1. The molecule has 7 nitrogen and oxygen atoms in total. The van der Waals surface area contributed by atoms with Gasteiger partial charge >= 0.3 is 5.97 Å². The van der Waals surface area contributed by atoms with Gasteiger partial charge in [-0.05, 0) is 24.4 Å². The molecule has 0 amide bonds. The molecule has 1 aromatic rings. The Kier molecular flexibility index (Phi) is 7.45. The van der Waals surface area contributed by atoms with Crippen molar-refractivity contribution in [1.82, 2.24) is 5.32 Å². The van der Waals surface area contributed by atoms with Gasteiger partial charge in [0.2, 0.25) is 0 Å². The second-order valence-corrected chi connectivity index (χ2v) is 5.33. The molecule has 1 heterocycles. The minimum atomic E-state index is -1.33. The Balaban J connectivity index is 0.00000288. The van der Waals surface area contributed by atoms with Crippen LogP contribution in [0.3, 0.4) is 0 Å². The number of hydrogen-bond acceptors (Lipinski definition) is 5. The molecule has 2 rings (SSSR count). The molecular weight excluding hydrogens is 332 g/mol. The van der Waals surface area contributed by atoms with E-state index >= 15 is 0 Å². The van der Waals surface area contributed by atoms with Crippen molar-refractivity contribution in [3.05, 3.63) is 59.0 Å². The first-order valence-electron chi connectivity index (χ1n) is 7.27. The Bertz CT molecular complexity index is 646. The Morgan fingerprint density at radius 3 is 2.79 bits per heavy atom. The fraction of sp³-hybridized carbons (Fsp3) is 0.375. The quantitative estimate of drug-likeness (QED) is 0.204. The molecule has 0 aromatic heterocycles. The van der Waals surface area contributed by atoms with E-state index in [0.29, 0.717) is 18.5 Å². The lowest BCUT2D eigenvalue weighted by atomic mass is 9.85. The van der Waals surface area contributed by atoms with Crippen LogP contribution < -0.4 is 5.32 Å². The highest BCUT2D eigenvalue weighted by molar-refractivity contribution is 5.98. The Labute approximate surface area is 146 Å². The lowest BCUT2D eigenvalue weighted by Gasteiger charge is -2.26. The second kappa shape index (κ2) is 9.08. The maximum absolute atomic E-state index is 12.5. The minimum Gasteiger partial charge on any atom is -0.457 e. The lowest BCUT2D eigenvalue weighted by Crippen LogP contribution is -2.45. The molecule has 1 aliphatic rings. The molecule has 2 atom stereocenters. The van der Waals surface area contributed by atoms with Gasteiger partial charge in [0.1, 0.15) is 0 Å². The van der Waals surface area contributed by atoms with E-state index in [1.165, 1.54) is 0 Å². The summed E-state index contributed by atoms with van der Waals surface area (Å²) in [4.78, 5) is 27.3. The summed E-state index contributed by atoms with van der Waals surface area (Å²) in [5, 5.41) is 6.72. The van der Waals surface area contributed by atoms with Crippen LogP contribution in [0.2, 0.25) is 0 Å². The van der Waals surface area contributed by atoms with Crippen LogP contribution in [0.25, 0.3) is 10.4 Å². The fourth-order valence-electron chi connectivity index (χ4n) is 2.67. The number of ether oxygens (including phenoxy) is 1. The maximum atomic E-state index is 12.5. The number of ketones is 1. The Hall–Kier alpha value is -2.34. The number of nitrogens with zero attached hydrogens (tertiary/aromatic N) is 3. The van der Waals surface area contributed by atoms with Crippen LogP contribution in [0.1, 0.15) is 16.8 Å². The number of rotatable bonds is 7. The van der Waals surface area contributed by atoms with Crippen molar-refractivity contribution in [2.75, 3.05) is 19.7 Å². The predicted octanol–water partition coefficient (Wildman–Crippen LogP) is 2.68. The summed E-state index contributed by atoms with van der Waals surface area (Å²) in [6, 6.07) is 8.56. The van der Waals surface area contributed by atoms with Crippen molar-refractivity contribution in [1.29, 1.82) is 0 Å². The zero-order valence-corrected chi connectivity index (χ0v) is 13.9. The summed E-state index contributed by atoms with van der Waals surface area (Å²) in [5.41, 5.74) is 7.94. The van der Waals surface area contributed by atoms with Gasteiger partial charge in [-0.25, -0.2) is 0 Å². The van der Waals surface area contributed by atoms with Crippen LogP contribution >= 0.6 is 12.4 Å². The van der Waals surface area contributed by atoms with E-state index in [1.54, 1.807) is 36.4 Å². The topological polar surface area (TPSA) is 104 Å². The molecule has 1 aromatic carbocycles. The molecule has 0 unspecified atom stereocenters. The second-order valence-electron chi connectivity index (χ2n) is 5.33. The van der Waals surface area contributed by atoms with E-state index in [0.717, 1.165) is 0 Å². The van der Waals surface area contributed by atoms with E-state index in [4.69, 9.17) is 10.3 Å². The number of benzene rings is 1. The zero-order chi connectivity index (χ0) is 16.7. The molecule has 1 fully saturated rings. The smallest absolute Gasteiger partial charge is 0.320 e. The van der Waals surface area contributed by atoms with Crippen molar-refractivity contribution in [3.8, 4) is 0 Å². The van der Waals surface area contributed by atoms with Crippen molar-refractivity contribution in [3.63, 3.8) is 0 Å². The van der Waals surface area contributed by atoms with Gasteiger partial charge in [-0.3, -0.25) is 9.59 Å². The molecule has 128 valence electrons. The SMILES string of the molecule is C=CC[C@H]1CNC[C@@]1(N=[N+]=[N-])C(=O)OCC(=O)c1ccccc1.Cl. The summed E-state index contributed by atoms with van der Waals surface area (Å²) in [6.45, 7) is 3.98. The first-order valence-corrected chi connectivity index (χ1v) is 7.27. The number of carbonyl (C=O) groups excluding carboxylic acids is 2. The van der Waals surface area contributed by atoms with E-state index in [9.17, 15) is 9.59 Å². The summed E-state index contributed by atoms with van der Waals surface area (Å²) in [7, 11) is 0. The van der Waals surface area contributed by atoms with Crippen LogP contribution in [0, 0.1) is 5.92 Å². The summed E-state index contributed by atoms with van der Waals surface area (Å²) in [5.74, 6) is -1.23. The first-order chi connectivity index (χ1) is 11.1. The van der Waals surface area contributed by atoms with Crippen molar-refractivity contribution < 1.29 is 14.3 Å². The van der Waals surface area contributed by atoms with Gasteiger partial charge in [0.15, 0.2) is 17.9 Å². The van der Waals surface area contributed by atoms with Gasteiger partial charge in [0.05, 0.1) is 0 Å². The number of allylic oxidation sites excluding steroid dienone is 1. The van der Waals surface area contributed by atoms with Gasteiger partial charge < -0.3 is 10.1 Å². The molecular formula is C16H19ClN4O3. The third-order valence-electron chi connectivity index (χ3n) is 3.92. The molecule has 24 heavy (non-hydrogen) atoms. The Morgan fingerprint density at radius 2 is 2.17 bits per heavy atom. The van der Waals surface area contributed by atoms with Gasteiger partial charge in [-0.15, -0.1) is 19.0 Å². The van der Waals surface area contributed by atoms with Gasteiger partial charge in [-0.1, -0.05) is 41.5 Å². The standard InChI is InChI=1S/C16H18N4O3.ClH/c1-2-6-13-9-18-11-16(13,19-20-17)15(22)23-10-14(21)12-7-4-3-5-8-12;/h2-5,7-8,13,18H,1,6,9-11H2;1H/t13-,16-;/m0./s1. The molecule has 1 N–H and O–H groups in total. The van der Waals surface area contributed by atoms with E-state index in [-0.39, 0.29) is 37.3 Å². The first kappa shape index (κ1) is 19.7. The largest absolute Gasteiger partial charge is 0.457 e. The van der Waals surface area contributed by atoms with E-state index in [2.05, 4.69) is 21.9 Å². The van der Waals surface area contributed by atoms with Crippen molar-refractivity contribution >= 4 is 24.2 Å². The normalized spacial score (nSPS) is 21.9. The monoisotopic (exact) mass is 350 g/mol. The zero-order valence-electron chi connectivity index (χ0n) is 13.1. The highest BCUT2D eigenvalue weighted by atomic mass is 35.5. The molecule has 0 aliphatic carbocycles. The summed E-state index contributed by atoms with van der Waals surface area (Å²) in [6.07, 6.45) is 2.18. The molecule has 1 aliphatic heterocycles. The predicted molar refractivity (Wildman–Crippen MR) is 92.0 cm³/mol. The number of esters is 1. The van der Waals surface area contributed by atoms with E-state index in [1.807, 2.05) is 0 Å². The number of halogens is 1. The fourth-order valence-corrected chi connectivity index (χ4v) is 2.67. The summed E-state index contributed by atoms with van der Waals surface area (Å²) >= 11 is 0. The van der Waals surface area contributed by atoms with Crippen LogP contribution in [0.15, 0.2) is 48.1 Å². The van der Waals surface area contributed by atoms with Gasteiger partial charge in [0.25, 0.3) is 0 Å². The maximum Gasteiger partial charge on any atom is 0.320 e. The average Bonchev–Trinajstić information content (AvgIpc) is 2.97. The van der Waals surface area contributed by atoms with Crippen LogP contribution in [0.5, 0.6) is 0 Å². The lowest BCUT2D eigenvalue weighted by molar-refractivity contribution is -0.149. The van der Waals surface area contributed by atoms with E-state index < -0.39 is 11.5 Å². The molecule has 0 bridgehead atoms. The third kappa shape index (κ3) is 4.14. The van der Waals surface area contributed by atoms with Crippen molar-refractivity contribution in [2.24, 2.45) is 11.0 Å². The summed E-state index contributed by atoms with van der Waals surface area (Å²) < 4.78 is 5.15. The molecule has 0 saturated carbocycles. The number of azide groups is 1. The average molecular weight is 351 g/mol. The number of carbonyl (C=O) groups is 2. The minimum absolute atomic E-state index is 0. The molecule has 0 spiro atoms. The highest BCUT2D eigenvalue weighted by Crippen LogP contribution is 2.31. The van der Waals surface area contributed by atoms with Crippen molar-refractivity contribution in [2.45, 2.75) is 12.0 Å². The third-order valence-corrected chi connectivity index (χ3v) is 3.92. The number of hydrogen-bond donors (Lipinski definition) is 1. The van der Waals surface area contributed by atoms with Crippen LogP contribution in [-0.4, -0.2) is 37.0 Å². The molecule has 8 heteroatoms. The van der Waals surface area contributed by atoms with Crippen LogP contribution in [-0.2, 0) is 9.53 Å². The Morgan fingerprint density at radius 1 is 1.46 bits per heavy atom. The van der Waals surface area contributed by atoms with Gasteiger partial charge in [0, 0.05) is 17.0 Å². The number of Topliss-reactive ketones (excluding diaryl/α,β-unsaturated/α-hetero) is 1. The molecule has 0 radical (unpaired) electrons. The molecule has 1 saturated heterocycles. The van der Waals surface area contributed by atoms with Crippen LogP contribution in [0.4, 0.5) is 0 Å².